The Hall–Kier alpha value is 0.360. The lowest BCUT2D eigenvalue weighted by molar-refractivity contribution is 0.0419. The summed E-state index contributed by atoms with van der Waals surface area (Å²) in [7, 11) is 6.77. The van der Waals surface area contributed by atoms with E-state index in [1.54, 1.807) is 27.7 Å². The summed E-state index contributed by atoms with van der Waals surface area (Å²) >= 11 is 4.37. The lowest BCUT2D eigenvalue weighted by Crippen LogP contribution is -2.45. The highest BCUT2D eigenvalue weighted by atomic mass is 32.1. The van der Waals surface area contributed by atoms with Crippen molar-refractivity contribution in [3.05, 3.63) is 0 Å². The predicted molar refractivity (Wildman–Crippen MR) is 84.3 cm³/mol. The van der Waals surface area contributed by atoms with Crippen LogP contribution < -0.4 is 5.64 Å². The minimum Gasteiger partial charge on any atom is -0.418 e. The average molecular weight is 272 g/mol. The SMILES string of the molecule is CC(C)(S)C(C)(C)O[B]N.[B]C(C)(C)C(C)(C)O. The first-order valence-electron chi connectivity index (χ1n) is 6.01. The Morgan fingerprint density at radius 1 is 1.06 bits per heavy atom. The smallest absolute Gasteiger partial charge is 0.393 e. The third-order valence-corrected chi connectivity index (χ3v) is 3.95. The zero-order valence-electron chi connectivity index (χ0n) is 13.0. The lowest BCUT2D eigenvalue weighted by Gasteiger charge is -2.37. The van der Waals surface area contributed by atoms with Gasteiger partial charge in [-0.05, 0) is 46.9 Å². The van der Waals surface area contributed by atoms with E-state index < -0.39 is 10.9 Å². The molecule has 0 rings (SSSR count). The Balaban J connectivity index is 0. The maximum Gasteiger partial charge on any atom is 0.393 e. The van der Waals surface area contributed by atoms with Crippen LogP contribution in [0.3, 0.4) is 0 Å². The average Bonchev–Trinajstić information content (AvgIpc) is 1.98. The molecule has 0 aromatic carbocycles. The largest absolute Gasteiger partial charge is 0.418 e. The topological polar surface area (TPSA) is 55.5 Å². The van der Waals surface area contributed by atoms with Crippen molar-refractivity contribution >= 4 is 28.1 Å². The minimum atomic E-state index is -0.785. The fourth-order valence-corrected chi connectivity index (χ4v) is 0.367. The highest BCUT2D eigenvalue weighted by Crippen LogP contribution is 2.33. The summed E-state index contributed by atoms with van der Waals surface area (Å²) in [5, 5.41) is 8.72. The van der Waals surface area contributed by atoms with Crippen molar-refractivity contribution in [2.75, 3.05) is 0 Å². The van der Waals surface area contributed by atoms with Crippen LogP contribution in [-0.2, 0) is 4.65 Å². The Morgan fingerprint density at radius 2 is 1.33 bits per heavy atom. The van der Waals surface area contributed by atoms with E-state index >= 15 is 0 Å². The Kier molecular flexibility index (Phi) is 7.68. The predicted octanol–water partition coefficient (Wildman–Crippen LogP) is 2.11. The van der Waals surface area contributed by atoms with Gasteiger partial charge in [-0.2, -0.15) is 12.6 Å². The van der Waals surface area contributed by atoms with Gasteiger partial charge in [0.15, 0.2) is 0 Å². The van der Waals surface area contributed by atoms with Gasteiger partial charge in [0.1, 0.15) is 0 Å². The van der Waals surface area contributed by atoms with Crippen LogP contribution in [0.5, 0.6) is 0 Å². The van der Waals surface area contributed by atoms with Crippen LogP contribution in [0.4, 0.5) is 0 Å². The fraction of sp³-hybridized carbons (Fsp3) is 1.00. The Bertz CT molecular complexity index is 228. The molecule has 0 aliphatic rings. The zero-order chi connectivity index (χ0) is 15.4. The first-order chi connectivity index (χ1) is 7.56. The number of rotatable bonds is 4. The molecule has 0 saturated carbocycles. The molecular formula is C12H28B2NO2S. The van der Waals surface area contributed by atoms with Crippen molar-refractivity contribution in [3.63, 3.8) is 0 Å². The summed E-state index contributed by atoms with van der Waals surface area (Å²) in [4.78, 5) is 0. The van der Waals surface area contributed by atoms with E-state index in [0.717, 1.165) is 0 Å². The molecule has 0 aliphatic heterocycles. The lowest BCUT2D eigenvalue weighted by atomic mass is 9.62. The summed E-state index contributed by atoms with van der Waals surface area (Å²) in [6.07, 6.45) is 0. The molecule has 0 aromatic rings. The van der Waals surface area contributed by atoms with Crippen LogP contribution >= 0.6 is 12.6 Å². The van der Waals surface area contributed by atoms with Crippen molar-refractivity contribution in [3.8, 4) is 0 Å². The molecule has 0 bridgehead atoms. The molecule has 0 unspecified atom stereocenters. The summed E-state index contributed by atoms with van der Waals surface area (Å²) in [6.45, 7) is 14.9. The maximum absolute atomic E-state index is 9.23. The number of aliphatic hydroxyl groups is 1. The molecular weight excluding hydrogens is 244 g/mol. The molecule has 0 saturated heterocycles. The molecule has 3 N–H and O–H groups in total. The summed E-state index contributed by atoms with van der Waals surface area (Å²) < 4.78 is 4.98. The molecule has 0 atom stereocenters. The Labute approximate surface area is 120 Å². The van der Waals surface area contributed by atoms with Crippen LogP contribution in [0.25, 0.3) is 0 Å². The van der Waals surface area contributed by atoms with E-state index in [0.29, 0.717) is 0 Å². The van der Waals surface area contributed by atoms with Gasteiger partial charge in [0.2, 0.25) is 0 Å². The number of hydrogen-bond acceptors (Lipinski definition) is 4. The van der Waals surface area contributed by atoms with E-state index in [-0.39, 0.29) is 10.3 Å². The molecule has 0 heterocycles. The molecule has 18 heavy (non-hydrogen) atoms. The molecule has 6 heteroatoms. The van der Waals surface area contributed by atoms with Crippen molar-refractivity contribution in [2.45, 2.75) is 76.7 Å². The van der Waals surface area contributed by atoms with Gasteiger partial charge in [-0.15, -0.1) is 0 Å². The molecule has 0 amide bonds. The van der Waals surface area contributed by atoms with Crippen molar-refractivity contribution in [1.29, 1.82) is 0 Å². The molecule has 105 valence electrons. The van der Waals surface area contributed by atoms with Gasteiger partial charge in [0, 0.05) is 4.75 Å². The van der Waals surface area contributed by atoms with Crippen molar-refractivity contribution in [2.24, 2.45) is 5.64 Å². The van der Waals surface area contributed by atoms with Gasteiger partial charge in [-0.3, -0.25) is 0 Å². The minimum absolute atomic E-state index is 0.192. The third-order valence-electron chi connectivity index (χ3n) is 3.41. The summed E-state index contributed by atoms with van der Waals surface area (Å²) in [6, 6.07) is 0. The van der Waals surface area contributed by atoms with Gasteiger partial charge in [-0.1, -0.05) is 13.8 Å². The molecule has 0 spiro atoms. The number of nitrogens with two attached hydrogens (primary N) is 1. The second kappa shape index (κ2) is 6.69. The monoisotopic (exact) mass is 272 g/mol. The molecule has 0 fully saturated rings. The van der Waals surface area contributed by atoms with Crippen molar-refractivity contribution in [1.82, 2.24) is 0 Å². The van der Waals surface area contributed by atoms with E-state index in [1.807, 2.05) is 27.7 Å². The first kappa shape index (κ1) is 20.7. The molecule has 0 aliphatic carbocycles. The van der Waals surface area contributed by atoms with Crippen LogP contribution in [0.1, 0.15) is 55.4 Å². The van der Waals surface area contributed by atoms with Gasteiger partial charge in [0.25, 0.3) is 0 Å². The molecule has 0 aromatic heterocycles. The van der Waals surface area contributed by atoms with Crippen LogP contribution in [0.15, 0.2) is 0 Å². The molecule has 3 radical (unpaired) electrons. The second-order valence-corrected chi connectivity index (χ2v) is 7.72. The maximum atomic E-state index is 9.23. The van der Waals surface area contributed by atoms with Crippen molar-refractivity contribution < 1.29 is 9.76 Å². The third kappa shape index (κ3) is 7.72. The van der Waals surface area contributed by atoms with E-state index in [4.69, 9.17) is 18.1 Å². The Morgan fingerprint density at radius 3 is 1.39 bits per heavy atom. The fourth-order valence-electron chi connectivity index (χ4n) is 0.314. The van der Waals surface area contributed by atoms with Gasteiger partial charge >= 0.3 is 7.62 Å². The first-order valence-corrected chi connectivity index (χ1v) is 6.46. The zero-order valence-corrected chi connectivity index (χ0v) is 13.9. The second-order valence-electron chi connectivity index (χ2n) is 6.60. The summed E-state index contributed by atoms with van der Waals surface area (Å²) in [5.74, 6) is 0. The van der Waals surface area contributed by atoms with Crippen LogP contribution in [-0.4, -0.2) is 36.5 Å². The number of thiol groups is 1. The normalized spacial score (nSPS) is 13.7. The van der Waals surface area contributed by atoms with E-state index in [9.17, 15) is 5.11 Å². The number of hydrogen-bond donors (Lipinski definition) is 3. The van der Waals surface area contributed by atoms with E-state index in [2.05, 4.69) is 12.6 Å². The summed E-state index contributed by atoms with van der Waals surface area (Å²) in [5.41, 5.74) is 4.02. The van der Waals surface area contributed by atoms with E-state index in [1.165, 1.54) is 7.62 Å². The van der Waals surface area contributed by atoms with Gasteiger partial charge in [0.05, 0.1) is 19.0 Å². The van der Waals surface area contributed by atoms with Crippen LogP contribution in [0.2, 0.25) is 5.31 Å². The molecule has 3 nitrogen and oxygen atoms in total. The standard InChI is InChI=1S/C6H15BNOS.C6H13BO/c1-5(2,9-7-8)6(3,4)10;1-5(2,7)6(3,4)8/h10H,8H2,1-4H3;8H,1-4H3. The van der Waals surface area contributed by atoms with Gasteiger partial charge in [-0.25, -0.2) is 0 Å². The quantitative estimate of drug-likeness (QED) is 0.542. The highest BCUT2D eigenvalue weighted by Gasteiger charge is 2.33. The van der Waals surface area contributed by atoms with Crippen LogP contribution in [0, 0.1) is 0 Å². The highest BCUT2D eigenvalue weighted by molar-refractivity contribution is 7.81. The van der Waals surface area contributed by atoms with Gasteiger partial charge < -0.3 is 15.4 Å².